The van der Waals surface area contributed by atoms with E-state index in [2.05, 4.69) is 20.9 Å². The number of carbonyl (C=O) groups is 1. The van der Waals surface area contributed by atoms with Gasteiger partial charge in [-0.05, 0) is 36.6 Å². The number of hydrogen-bond acceptors (Lipinski definition) is 2. The average molecular weight is 319 g/mol. The van der Waals surface area contributed by atoms with Crippen LogP contribution < -0.4 is 0 Å². The van der Waals surface area contributed by atoms with Gasteiger partial charge in [-0.2, -0.15) is 0 Å². The van der Waals surface area contributed by atoms with E-state index < -0.39 is 0 Å². The summed E-state index contributed by atoms with van der Waals surface area (Å²) in [5.41, 5.74) is 1.56. The van der Waals surface area contributed by atoms with Crippen molar-refractivity contribution in [3.8, 4) is 0 Å². The lowest BCUT2D eigenvalue weighted by molar-refractivity contribution is -0.122. The predicted molar refractivity (Wildman–Crippen MR) is 79.7 cm³/mol. The Kier molecular flexibility index (Phi) is 3.51. The molecule has 4 heteroatoms. The molecule has 0 aliphatic carbocycles. The zero-order chi connectivity index (χ0) is 13.2. The van der Waals surface area contributed by atoms with Gasteiger partial charge < -0.3 is 0 Å². The standard InChI is InChI=1S/C15H15BrN2O/c16-12-6-4-5-11(9-12)10-13-15(19)18-8-3-1-2-7-14(18)17-13/h4-6,9-10H,1-3,7-8H2/b13-10-. The average Bonchev–Trinajstić information content (AvgIpc) is 2.58. The Hall–Kier alpha value is -1.42. The van der Waals surface area contributed by atoms with Crippen molar-refractivity contribution in [3.63, 3.8) is 0 Å². The lowest BCUT2D eigenvalue weighted by Gasteiger charge is -2.13. The molecule has 1 fully saturated rings. The van der Waals surface area contributed by atoms with Crippen LogP contribution in [0.5, 0.6) is 0 Å². The highest BCUT2D eigenvalue weighted by molar-refractivity contribution is 9.10. The molecule has 2 aliphatic rings. The summed E-state index contributed by atoms with van der Waals surface area (Å²) in [5.74, 6) is 1.00. The van der Waals surface area contributed by atoms with E-state index in [-0.39, 0.29) is 5.91 Å². The minimum absolute atomic E-state index is 0.0527. The maximum Gasteiger partial charge on any atom is 0.277 e. The molecule has 19 heavy (non-hydrogen) atoms. The van der Waals surface area contributed by atoms with Gasteiger partial charge in [0, 0.05) is 17.4 Å². The van der Waals surface area contributed by atoms with E-state index in [1.54, 1.807) is 0 Å². The molecule has 2 heterocycles. The number of amidine groups is 1. The fourth-order valence-electron chi connectivity index (χ4n) is 2.50. The maximum atomic E-state index is 12.3. The molecule has 0 aromatic heterocycles. The SMILES string of the molecule is O=C1/C(=C/c2cccc(Br)c2)N=C2CCCCCN12. The molecule has 0 bridgehead atoms. The second kappa shape index (κ2) is 5.29. The van der Waals surface area contributed by atoms with Gasteiger partial charge in [0.1, 0.15) is 11.5 Å². The molecule has 1 aromatic rings. The van der Waals surface area contributed by atoms with Crippen molar-refractivity contribution in [2.24, 2.45) is 4.99 Å². The van der Waals surface area contributed by atoms with Gasteiger partial charge in [-0.15, -0.1) is 0 Å². The first-order chi connectivity index (χ1) is 9.24. The summed E-state index contributed by atoms with van der Waals surface area (Å²) in [6, 6.07) is 7.90. The van der Waals surface area contributed by atoms with Crippen LogP contribution in [-0.2, 0) is 4.79 Å². The number of nitrogens with zero attached hydrogens (tertiary/aromatic N) is 2. The summed E-state index contributed by atoms with van der Waals surface area (Å²) in [4.78, 5) is 18.7. The Labute approximate surface area is 121 Å². The summed E-state index contributed by atoms with van der Waals surface area (Å²) >= 11 is 3.44. The first-order valence-corrected chi connectivity index (χ1v) is 7.40. The molecule has 0 saturated carbocycles. The van der Waals surface area contributed by atoms with E-state index in [0.717, 1.165) is 41.7 Å². The second-order valence-corrected chi connectivity index (χ2v) is 5.80. The fraction of sp³-hybridized carbons (Fsp3) is 0.333. The number of benzene rings is 1. The summed E-state index contributed by atoms with van der Waals surface area (Å²) in [7, 11) is 0. The molecule has 0 unspecified atom stereocenters. The highest BCUT2D eigenvalue weighted by Crippen LogP contribution is 2.24. The van der Waals surface area contributed by atoms with Crippen molar-refractivity contribution < 1.29 is 4.79 Å². The van der Waals surface area contributed by atoms with Crippen LogP contribution >= 0.6 is 15.9 Å². The van der Waals surface area contributed by atoms with Gasteiger partial charge in [0.2, 0.25) is 0 Å². The van der Waals surface area contributed by atoms with E-state index in [9.17, 15) is 4.79 Å². The third-order valence-electron chi connectivity index (χ3n) is 3.46. The van der Waals surface area contributed by atoms with Crippen LogP contribution in [0.4, 0.5) is 0 Å². The summed E-state index contributed by atoms with van der Waals surface area (Å²) < 4.78 is 1.01. The van der Waals surface area contributed by atoms with Crippen molar-refractivity contribution in [1.82, 2.24) is 4.90 Å². The highest BCUT2D eigenvalue weighted by Gasteiger charge is 2.30. The lowest BCUT2D eigenvalue weighted by Crippen LogP contribution is -2.31. The molecule has 3 nitrogen and oxygen atoms in total. The van der Waals surface area contributed by atoms with E-state index in [4.69, 9.17) is 0 Å². The number of rotatable bonds is 1. The van der Waals surface area contributed by atoms with Gasteiger partial charge in [-0.25, -0.2) is 4.99 Å². The molecule has 1 aromatic carbocycles. The number of carbonyl (C=O) groups excluding carboxylic acids is 1. The predicted octanol–water partition coefficient (Wildman–Crippen LogP) is 3.60. The minimum atomic E-state index is 0.0527. The first kappa shape index (κ1) is 12.6. The highest BCUT2D eigenvalue weighted by atomic mass is 79.9. The van der Waals surface area contributed by atoms with Crippen LogP contribution in [0.2, 0.25) is 0 Å². The Morgan fingerprint density at radius 3 is 3.00 bits per heavy atom. The van der Waals surface area contributed by atoms with Gasteiger partial charge in [-0.3, -0.25) is 9.69 Å². The van der Waals surface area contributed by atoms with Gasteiger partial charge in [0.05, 0.1) is 0 Å². The van der Waals surface area contributed by atoms with Gasteiger partial charge in [0.15, 0.2) is 0 Å². The zero-order valence-electron chi connectivity index (χ0n) is 10.6. The Morgan fingerprint density at radius 1 is 1.26 bits per heavy atom. The van der Waals surface area contributed by atoms with Crippen molar-refractivity contribution in [3.05, 3.63) is 40.0 Å². The molecule has 0 N–H and O–H groups in total. The van der Waals surface area contributed by atoms with Crippen LogP contribution in [0.1, 0.15) is 31.2 Å². The smallest absolute Gasteiger partial charge is 0.277 e. The van der Waals surface area contributed by atoms with Crippen molar-refractivity contribution in [1.29, 1.82) is 0 Å². The summed E-state index contributed by atoms with van der Waals surface area (Å²) in [5, 5.41) is 0. The van der Waals surface area contributed by atoms with E-state index in [1.165, 1.54) is 6.42 Å². The first-order valence-electron chi connectivity index (χ1n) is 6.61. The number of amides is 1. The topological polar surface area (TPSA) is 32.7 Å². The zero-order valence-corrected chi connectivity index (χ0v) is 12.2. The van der Waals surface area contributed by atoms with E-state index >= 15 is 0 Å². The summed E-state index contributed by atoms with van der Waals surface area (Å²) in [6.45, 7) is 0.813. The van der Waals surface area contributed by atoms with Gasteiger partial charge >= 0.3 is 0 Å². The normalized spacial score (nSPS) is 21.3. The molecule has 0 spiro atoms. The molecule has 2 aliphatic heterocycles. The van der Waals surface area contributed by atoms with Crippen LogP contribution in [-0.4, -0.2) is 23.2 Å². The van der Waals surface area contributed by atoms with Gasteiger partial charge in [0.25, 0.3) is 5.91 Å². The van der Waals surface area contributed by atoms with Crippen LogP contribution in [0.15, 0.2) is 39.4 Å². The molecule has 1 saturated heterocycles. The molecule has 0 radical (unpaired) electrons. The van der Waals surface area contributed by atoms with Crippen LogP contribution in [0, 0.1) is 0 Å². The van der Waals surface area contributed by atoms with Crippen molar-refractivity contribution in [2.45, 2.75) is 25.7 Å². The Balaban J connectivity index is 1.92. The number of hydrogen-bond donors (Lipinski definition) is 0. The molecular formula is C15H15BrN2O. The number of halogens is 1. The Morgan fingerprint density at radius 2 is 2.16 bits per heavy atom. The third-order valence-corrected chi connectivity index (χ3v) is 3.95. The largest absolute Gasteiger partial charge is 0.295 e. The monoisotopic (exact) mass is 318 g/mol. The van der Waals surface area contributed by atoms with Crippen molar-refractivity contribution >= 4 is 33.7 Å². The van der Waals surface area contributed by atoms with E-state index in [1.807, 2.05) is 35.2 Å². The molecule has 0 atom stereocenters. The number of aliphatic imine (C=N–C) groups is 1. The quantitative estimate of drug-likeness (QED) is 0.728. The minimum Gasteiger partial charge on any atom is -0.295 e. The van der Waals surface area contributed by atoms with Crippen molar-refractivity contribution in [2.75, 3.05) is 6.54 Å². The molecule has 3 rings (SSSR count). The van der Waals surface area contributed by atoms with Gasteiger partial charge in [-0.1, -0.05) is 34.5 Å². The van der Waals surface area contributed by atoms with E-state index in [0.29, 0.717) is 5.70 Å². The summed E-state index contributed by atoms with van der Waals surface area (Å²) in [6.07, 6.45) is 6.19. The maximum absolute atomic E-state index is 12.3. The van der Waals surface area contributed by atoms with Crippen LogP contribution in [0.25, 0.3) is 6.08 Å². The lowest BCUT2D eigenvalue weighted by atomic mass is 10.2. The molecule has 98 valence electrons. The number of fused-ring (bicyclic) bond motifs is 1. The third kappa shape index (κ3) is 2.63. The second-order valence-electron chi connectivity index (χ2n) is 4.88. The Bertz CT molecular complexity index is 577. The molecule has 1 amide bonds. The van der Waals surface area contributed by atoms with Crippen LogP contribution in [0.3, 0.4) is 0 Å². The molecular weight excluding hydrogens is 304 g/mol. The fourth-order valence-corrected chi connectivity index (χ4v) is 2.92.